The topological polar surface area (TPSA) is 84.8 Å². The Bertz CT molecular complexity index is 793. The van der Waals surface area contributed by atoms with Crippen molar-refractivity contribution in [2.75, 3.05) is 5.75 Å². The van der Waals surface area contributed by atoms with Crippen LogP contribution in [0.3, 0.4) is 0 Å². The molecule has 2 amide bonds. The molecule has 156 valence electrons. The Labute approximate surface area is 175 Å². The van der Waals surface area contributed by atoms with Crippen LogP contribution >= 0.6 is 11.8 Å². The molecule has 1 aromatic carbocycles. The predicted octanol–water partition coefficient (Wildman–Crippen LogP) is 3.52. The Kier molecular flexibility index (Phi) is 7.11. The third-order valence-electron chi connectivity index (χ3n) is 5.65. The molecule has 0 unspecified atom stereocenters. The summed E-state index contributed by atoms with van der Waals surface area (Å²) in [5.74, 6) is -0.826. The Morgan fingerprint density at radius 2 is 1.97 bits per heavy atom. The van der Waals surface area contributed by atoms with Gasteiger partial charge in [-0.15, -0.1) is 0 Å². The number of amidine groups is 1. The van der Waals surface area contributed by atoms with Gasteiger partial charge in [-0.2, -0.15) is 4.99 Å². The molecular weight excluding hydrogens is 388 g/mol. The number of benzene rings is 1. The van der Waals surface area contributed by atoms with Crippen LogP contribution in [0.15, 0.2) is 35.3 Å². The molecule has 7 heteroatoms. The van der Waals surface area contributed by atoms with E-state index in [0.29, 0.717) is 23.3 Å². The first-order chi connectivity index (χ1) is 13.8. The number of carbonyl (C=O) groups is 3. The van der Waals surface area contributed by atoms with Crippen molar-refractivity contribution in [3.8, 4) is 0 Å². The van der Waals surface area contributed by atoms with Gasteiger partial charge in [0, 0.05) is 0 Å². The van der Waals surface area contributed by atoms with Crippen LogP contribution in [0.4, 0.5) is 0 Å². The SMILES string of the molecule is CC(C)[C@H]1CC[C@@H](C)C[C@@H]1OC(=O)CSC1=NC(=O)[C@@H](c2ccccc2)C(=O)N1. The fraction of sp³-hybridized carbons (Fsp3) is 0.545. The average molecular weight is 417 g/mol. The summed E-state index contributed by atoms with van der Waals surface area (Å²) in [6, 6.07) is 8.82. The first-order valence-corrected chi connectivity index (χ1v) is 11.1. The highest BCUT2D eigenvalue weighted by atomic mass is 32.2. The summed E-state index contributed by atoms with van der Waals surface area (Å²) in [7, 11) is 0. The molecule has 1 saturated carbocycles. The number of carbonyl (C=O) groups excluding carboxylic acids is 3. The number of thioether (sulfide) groups is 1. The second-order valence-electron chi connectivity index (χ2n) is 8.23. The number of esters is 1. The fourth-order valence-corrected chi connectivity index (χ4v) is 4.72. The predicted molar refractivity (Wildman–Crippen MR) is 113 cm³/mol. The normalized spacial score (nSPS) is 27.4. The molecule has 1 heterocycles. The van der Waals surface area contributed by atoms with Crippen LogP contribution in [0, 0.1) is 17.8 Å². The molecule has 0 spiro atoms. The van der Waals surface area contributed by atoms with Gasteiger partial charge in [0.1, 0.15) is 12.0 Å². The monoisotopic (exact) mass is 416 g/mol. The third-order valence-corrected chi connectivity index (χ3v) is 6.50. The van der Waals surface area contributed by atoms with Crippen LogP contribution in [0.1, 0.15) is 51.5 Å². The third kappa shape index (κ3) is 5.47. The minimum atomic E-state index is -0.942. The zero-order chi connectivity index (χ0) is 21.0. The van der Waals surface area contributed by atoms with Crippen molar-refractivity contribution < 1.29 is 19.1 Å². The number of hydrogen-bond donors (Lipinski definition) is 1. The van der Waals surface area contributed by atoms with Gasteiger partial charge < -0.3 is 10.1 Å². The van der Waals surface area contributed by atoms with Gasteiger partial charge in [0.15, 0.2) is 5.17 Å². The largest absolute Gasteiger partial charge is 0.461 e. The van der Waals surface area contributed by atoms with Gasteiger partial charge in [0.25, 0.3) is 5.91 Å². The molecule has 3 rings (SSSR count). The number of rotatable bonds is 5. The molecule has 0 saturated heterocycles. The molecule has 1 fully saturated rings. The molecule has 0 bridgehead atoms. The first kappa shape index (κ1) is 21.6. The number of ether oxygens (including phenoxy) is 1. The van der Waals surface area contributed by atoms with Crippen LogP contribution in [0.5, 0.6) is 0 Å². The van der Waals surface area contributed by atoms with Gasteiger partial charge in [0.05, 0.1) is 5.75 Å². The number of aliphatic imine (C=N–C) groups is 1. The van der Waals surface area contributed by atoms with Crippen LogP contribution in [0.2, 0.25) is 0 Å². The zero-order valence-corrected chi connectivity index (χ0v) is 17.9. The number of amides is 2. The summed E-state index contributed by atoms with van der Waals surface area (Å²) < 4.78 is 5.76. The lowest BCUT2D eigenvalue weighted by molar-refractivity contribution is -0.152. The van der Waals surface area contributed by atoms with E-state index in [4.69, 9.17) is 4.74 Å². The summed E-state index contributed by atoms with van der Waals surface area (Å²) in [6.07, 6.45) is 3.05. The van der Waals surface area contributed by atoms with Gasteiger partial charge in [-0.1, -0.05) is 69.3 Å². The average Bonchev–Trinajstić information content (AvgIpc) is 2.66. The van der Waals surface area contributed by atoms with Crippen LogP contribution in [0.25, 0.3) is 0 Å². The minimum absolute atomic E-state index is 0.0120. The number of nitrogens with zero attached hydrogens (tertiary/aromatic N) is 1. The quantitative estimate of drug-likeness (QED) is 0.586. The lowest BCUT2D eigenvalue weighted by Crippen LogP contribution is -2.42. The molecule has 0 aromatic heterocycles. The van der Waals surface area contributed by atoms with E-state index in [-0.39, 0.29) is 23.0 Å². The molecule has 1 aliphatic carbocycles. The smallest absolute Gasteiger partial charge is 0.316 e. The molecule has 1 aliphatic heterocycles. The number of nitrogens with one attached hydrogen (secondary N) is 1. The standard InChI is InChI=1S/C22H28N2O4S/c1-13(2)16-10-9-14(3)11-17(16)28-18(25)12-29-22-23-20(26)19(21(27)24-22)15-7-5-4-6-8-15/h4-8,13-14,16-17,19H,9-12H2,1-3H3,(H,23,24,26,27)/t14-,16-,17+/m1/s1. The van der Waals surface area contributed by atoms with Crippen LogP contribution in [-0.2, 0) is 19.1 Å². The molecule has 2 aliphatic rings. The molecule has 0 radical (unpaired) electrons. The zero-order valence-electron chi connectivity index (χ0n) is 17.1. The second kappa shape index (κ2) is 9.57. The van der Waals surface area contributed by atoms with Gasteiger partial charge in [-0.05, 0) is 36.2 Å². The maximum Gasteiger partial charge on any atom is 0.316 e. The van der Waals surface area contributed by atoms with E-state index in [1.54, 1.807) is 24.3 Å². The maximum atomic E-state index is 12.4. The summed E-state index contributed by atoms with van der Waals surface area (Å²) in [4.78, 5) is 41.1. The van der Waals surface area contributed by atoms with E-state index in [1.807, 2.05) is 6.07 Å². The summed E-state index contributed by atoms with van der Waals surface area (Å²) in [5, 5.41) is 2.79. The van der Waals surface area contributed by atoms with E-state index in [2.05, 4.69) is 31.1 Å². The Hall–Kier alpha value is -2.15. The van der Waals surface area contributed by atoms with Crippen molar-refractivity contribution in [2.24, 2.45) is 22.7 Å². The Balaban J connectivity index is 1.56. The highest BCUT2D eigenvalue weighted by Gasteiger charge is 2.35. The van der Waals surface area contributed by atoms with Crippen LogP contribution in [-0.4, -0.2) is 34.8 Å². The molecule has 1 aromatic rings. The lowest BCUT2D eigenvalue weighted by Gasteiger charge is -2.36. The minimum Gasteiger partial charge on any atom is -0.461 e. The molecule has 29 heavy (non-hydrogen) atoms. The van der Waals surface area contributed by atoms with Crippen molar-refractivity contribution in [3.05, 3.63) is 35.9 Å². The van der Waals surface area contributed by atoms with Crippen molar-refractivity contribution in [1.82, 2.24) is 5.32 Å². The van der Waals surface area contributed by atoms with Gasteiger partial charge >= 0.3 is 5.97 Å². The van der Waals surface area contributed by atoms with E-state index >= 15 is 0 Å². The van der Waals surface area contributed by atoms with Crippen molar-refractivity contribution in [3.63, 3.8) is 0 Å². The molecule has 6 nitrogen and oxygen atoms in total. The van der Waals surface area contributed by atoms with Crippen LogP contribution < -0.4 is 5.32 Å². The van der Waals surface area contributed by atoms with E-state index < -0.39 is 17.7 Å². The van der Waals surface area contributed by atoms with Gasteiger partial charge in [-0.3, -0.25) is 14.4 Å². The van der Waals surface area contributed by atoms with E-state index in [0.717, 1.165) is 24.6 Å². The fourth-order valence-electron chi connectivity index (χ4n) is 4.07. The van der Waals surface area contributed by atoms with Crippen molar-refractivity contribution >= 4 is 34.7 Å². The van der Waals surface area contributed by atoms with Crippen molar-refractivity contribution in [1.29, 1.82) is 0 Å². The summed E-state index contributed by atoms with van der Waals surface area (Å²) >= 11 is 1.03. The van der Waals surface area contributed by atoms with Gasteiger partial charge in [-0.25, -0.2) is 0 Å². The highest BCUT2D eigenvalue weighted by molar-refractivity contribution is 8.14. The summed E-state index contributed by atoms with van der Waals surface area (Å²) in [5.41, 5.74) is 0.605. The van der Waals surface area contributed by atoms with Gasteiger partial charge in [0.2, 0.25) is 5.91 Å². The maximum absolute atomic E-state index is 12.4. The van der Waals surface area contributed by atoms with E-state index in [9.17, 15) is 14.4 Å². The molecular formula is C22H28N2O4S. The lowest BCUT2D eigenvalue weighted by atomic mass is 9.75. The first-order valence-electron chi connectivity index (χ1n) is 10.2. The Morgan fingerprint density at radius 3 is 2.62 bits per heavy atom. The molecule has 4 atom stereocenters. The highest BCUT2D eigenvalue weighted by Crippen LogP contribution is 2.35. The summed E-state index contributed by atoms with van der Waals surface area (Å²) in [6.45, 7) is 6.52. The molecule has 1 N–H and O–H groups in total. The van der Waals surface area contributed by atoms with E-state index in [1.165, 1.54) is 6.42 Å². The number of hydrogen-bond acceptors (Lipinski definition) is 5. The Morgan fingerprint density at radius 1 is 1.24 bits per heavy atom. The second-order valence-corrected chi connectivity index (χ2v) is 9.20. The van der Waals surface area contributed by atoms with Crippen molar-refractivity contribution in [2.45, 2.75) is 52.1 Å².